The van der Waals surface area contributed by atoms with E-state index in [2.05, 4.69) is 20.8 Å². The van der Waals surface area contributed by atoms with Crippen LogP contribution in [0.3, 0.4) is 0 Å². The van der Waals surface area contributed by atoms with Crippen LogP contribution in [0.25, 0.3) is 0 Å². The Bertz CT molecular complexity index is 365. The Labute approximate surface area is 128 Å². The molecule has 0 bridgehead atoms. The van der Waals surface area contributed by atoms with Gasteiger partial charge in [0.15, 0.2) is 0 Å². The molecule has 1 fully saturated rings. The maximum absolute atomic E-state index is 12.5. The van der Waals surface area contributed by atoms with Crippen molar-refractivity contribution in [2.75, 3.05) is 13.6 Å². The molecule has 1 aliphatic carbocycles. The predicted octanol–water partition coefficient (Wildman–Crippen LogP) is 3.55. The van der Waals surface area contributed by atoms with E-state index in [4.69, 9.17) is 0 Å². The second-order valence-electron chi connectivity index (χ2n) is 7.22. The van der Waals surface area contributed by atoms with Crippen LogP contribution in [0.15, 0.2) is 0 Å². The molecule has 4 heteroatoms. The fraction of sp³-hybridized carbons (Fsp3) is 0.882. The number of rotatable bonds is 7. The van der Waals surface area contributed by atoms with Gasteiger partial charge in [0.25, 0.3) is 0 Å². The lowest BCUT2D eigenvalue weighted by Crippen LogP contribution is -2.41. The van der Waals surface area contributed by atoms with Crippen LogP contribution in [-0.4, -0.2) is 35.5 Å². The number of carbonyl (C=O) groups excluding carboxylic acids is 1. The molecule has 0 heterocycles. The van der Waals surface area contributed by atoms with Crippen molar-refractivity contribution < 1.29 is 14.7 Å². The lowest BCUT2D eigenvalue weighted by atomic mass is 9.78. The van der Waals surface area contributed by atoms with Crippen molar-refractivity contribution in [3.8, 4) is 0 Å². The van der Waals surface area contributed by atoms with Gasteiger partial charge in [-0.3, -0.25) is 9.59 Å². The molecule has 0 saturated heterocycles. The standard InChI is InChI=1S/C17H31NO3/c1-5-17(2,3)11-8-12-18(4)15(19)13-9-6-7-10-14(13)16(20)21/h13-14H,5-12H2,1-4H3,(H,20,21). The van der Waals surface area contributed by atoms with E-state index >= 15 is 0 Å². The van der Waals surface area contributed by atoms with Crippen LogP contribution in [0, 0.1) is 17.3 Å². The molecule has 0 aromatic carbocycles. The Morgan fingerprint density at radius 2 is 1.76 bits per heavy atom. The molecule has 4 nitrogen and oxygen atoms in total. The number of hydrogen-bond acceptors (Lipinski definition) is 2. The van der Waals surface area contributed by atoms with Crippen molar-refractivity contribution in [1.82, 2.24) is 4.90 Å². The molecule has 0 aromatic heterocycles. The van der Waals surface area contributed by atoms with E-state index in [0.717, 1.165) is 45.1 Å². The summed E-state index contributed by atoms with van der Waals surface area (Å²) in [4.78, 5) is 25.6. The summed E-state index contributed by atoms with van der Waals surface area (Å²) in [6.45, 7) is 7.41. The van der Waals surface area contributed by atoms with Crippen molar-refractivity contribution in [1.29, 1.82) is 0 Å². The van der Waals surface area contributed by atoms with E-state index in [-0.39, 0.29) is 11.8 Å². The summed E-state index contributed by atoms with van der Waals surface area (Å²) in [7, 11) is 1.81. The number of hydrogen-bond donors (Lipinski definition) is 1. The van der Waals surface area contributed by atoms with Gasteiger partial charge in [-0.15, -0.1) is 0 Å². The zero-order valence-corrected chi connectivity index (χ0v) is 14.0. The molecule has 0 spiro atoms. The molecule has 1 amide bonds. The molecule has 1 saturated carbocycles. The molecular weight excluding hydrogens is 266 g/mol. The topological polar surface area (TPSA) is 57.6 Å². The van der Waals surface area contributed by atoms with E-state index < -0.39 is 11.9 Å². The highest BCUT2D eigenvalue weighted by molar-refractivity contribution is 5.84. The van der Waals surface area contributed by atoms with E-state index in [1.165, 1.54) is 0 Å². The Kier molecular flexibility index (Phi) is 6.69. The monoisotopic (exact) mass is 297 g/mol. The Morgan fingerprint density at radius 3 is 2.29 bits per heavy atom. The second-order valence-corrected chi connectivity index (χ2v) is 7.22. The van der Waals surface area contributed by atoms with Crippen molar-refractivity contribution in [2.45, 2.75) is 65.7 Å². The minimum atomic E-state index is -0.812. The molecule has 0 radical (unpaired) electrons. The zero-order valence-electron chi connectivity index (χ0n) is 14.0. The van der Waals surface area contributed by atoms with Gasteiger partial charge in [-0.05, 0) is 31.1 Å². The third kappa shape index (κ3) is 5.33. The average Bonchev–Trinajstić information content (AvgIpc) is 2.46. The highest BCUT2D eigenvalue weighted by Gasteiger charge is 2.36. The quantitative estimate of drug-likeness (QED) is 0.781. The molecule has 1 N–H and O–H groups in total. The van der Waals surface area contributed by atoms with Crippen LogP contribution in [0.2, 0.25) is 0 Å². The van der Waals surface area contributed by atoms with Gasteiger partial charge in [0.1, 0.15) is 0 Å². The molecule has 2 unspecified atom stereocenters. The van der Waals surface area contributed by atoms with Gasteiger partial charge >= 0.3 is 5.97 Å². The average molecular weight is 297 g/mol. The van der Waals surface area contributed by atoms with Gasteiger partial charge in [-0.25, -0.2) is 0 Å². The maximum atomic E-state index is 12.5. The van der Waals surface area contributed by atoms with Crippen LogP contribution in [-0.2, 0) is 9.59 Å². The van der Waals surface area contributed by atoms with Crippen LogP contribution in [0.4, 0.5) is 0 Å². The number of carboxylic acid groups (broad SMARTS) is 1. The number of carboxylic acids is 1. The normalized spacial score (nSPS) is 22.9. The first kappa shape index (κ1) is 18.0. The summed E-state index contributed by atoms with van der Waals surface area (Å²) in [6, 6.07) is 0. The van der Waals surface area contributed by atoms with Crippen molar-refractivity contribution >= 4 is 11.9 Å². The third-order valence-electron chi connectivity index (χ3n) is 5.08. The van der Waals surface area contributed by atoms with Crippen LogP contribution >= 0.6 is 0 Å². The van der Waals surface area contributed by atoms with E-state index in [1.807, 2.05) is 7.05 Å². The van der Waals surface area contributed by atoms with Crippen LogP contribution in [0.1, 0.15) is 65.7 Å². The van der Waals surface area contributed by atoms with Gasteiger partial charge in [0.2, 0.25) is 5.91 Å². The lowest BCUT2D eigenvalue weighted by Gasteiger charge is -2.31. The largest absolute Gasteiger partial charge is 0.481 e. The number of aliphatic carboxylic acids is 1. The van der Waals surface area contributed by atoms with Gasteiger partial charge in [-0.1, -0.05) is 40.0 Å². The SMILES string of the molecule is CCC(C)(C)CCCN(C)C(=O)C1CCCCC1C(=O)O. The summed E-state index contributed by atoms with van der Waals surface area (Å²) in [5.74, 6) is -1.59. The Morgan fingerprint density at radius 1 is 1.19 bits per heavy atom. The number of carbonyl (C=O) groups is 2. The van der Waals surface area contributed by atoms with Crippen molar-refractivity contribution in [3.63, 3.8) is 0 Å². The van der Waals surface area contributed by atoms with Crippen molar-refractivity contribution in [2.24, 2.45) is 17.3 Å². The molecule has 1 rings (SSSR count). The molecule has 1 aliphatic rings. The third-order valence-corrected chi connectivity index (χ3v) is 5.08. The maximum Gasteiger partial charge on any atom is 0.307 e. The fourth-order valence-electron chi connectivity index (χ4n) is 3.09. The number of nitrogens with zero attached hydrogens (tertiary/aromatic N) is 1. The van der Waals surface area contributed by atoms with Crippen LogP contribution in [0.5, 0.6) is 0 Å². The highest BCUT2D eigenvalue weighted by atomic mass is 16.4. The lowest BCUT2D eigenvalue weighted by molar-refractivity contribution is -0.151. The summed E-state index contributed by atoms with van der Waals surface area (Å²) in [5, 5.41) is 9.28. The first-order chi connectivity index (χ1) is 9.78. The molecule has 2 atom stereocenters. The van der Waals surface area contributed by atoms with E-state index in [0.29, 0.717) is 11.8 Å². The Balaban J connectivity index is 2.50. The van der Waals surface area contributed by atoms with Gasteiger partial charge in [-0.2, -0.15) is 0 Å². The zero-order chi connectivity index (χ0) is 16.0. The van der Waals surface area contributed by atoms with Crippen LogP contribution < -0.4 is 0 Å². The molecule has 0 aromatic rings. The fourth-order valence-corrected chi connectivity index (χ4v) is 3.09. The van der Waals surface area contributed by atoms with E-state index in [9.17, 15) is 14.7 Å². The summed E-state index contributed by atoms with van der Waals surface area (Å²) in [6.07, 6.45) is 6.46. The second kappa shape index (κ2) is 7.81. The Hall–Kier alpha value is -1.06. The molecule has 122 valence electrons. The minimum absolute atomic E-state index is 0.0244. The van der Waals surface area contributed by atoms with Gasteiger partial charge < -0.3 is 10.0 Å². The summed E-state index contributed by atoms with van der Waals surface area (Å²) in [5.41, 5.74) is 0.318. The summed E-state index contributed by atoms with van der Waals surface area (Å²) < 4.78 is 0. The highest BCUT2D eigenvalue weighted by Crippen LogP contribution is 2.32. The van der Waals surface area contributed by atoms with Gasteiger partial charge in [0.05, 0.1) is 11.8 Å². The molecule has 21 heavy (non-hydrogen) atoms. The smallest absolute Gasteiger partial charge is 0.307 e. The van der Waals surface area contributed by atoms with Gasteiger partial charge in [0, 0.05) is 13.6 Å². The molecular formula is C17H31NO3. The summed E-state index contributed by atoms with van der Waals surface area (Å²) >= 11 is 0. The van der Waals surface area contributed by atoms with Crippen molar-refractivity contribution in [3.05, 3.63) is 0 Å². The predicted molar refractivity (Wildman–Crippen MR) is 84.0 cm³/mol. The number of amides is 1. The first-order valence-corrected chi connectivity index (χ1v) is 8.26. The minimum Gasteiger partial charge on any atom is -0.481 e. The first-order valence-electron chi connectivity index (χ1n) is 8.26. The van der Waals surface area contributed by atoms with E-state index in [1.54, 1.807) is 4.90 Å². The molecule has 0 aliphatic heterocycles.